The molecule has 96 valence electrons. The van der Waals surface area contributed by atoms with E-state index in [4.69, 9.17) is 14.9 Å². The van der Waals surface area contributed by atoms with E-state index < -0.39 is 0 Å². The van der Waals surface area contributed by atoms with Crippen LogP contribution in [-0.2, 0) is 6.42 Å². The zero-order valence-electron chi connectivity index (χ0n) is 11.2. The molecule has 18 heavy (non-hydrogen) atoms. The molecule has 0 saturated heterocycles. The SMILES string of the molecule is CCc1oc(N)nc1-c1cc(C)c(OC)cc1C. The molecule has 0 aliphatic heterocycles. The summed E-state index contributed by atoms with van der Waals surface area (Å²) in [7, 11) is 1.67. The van der Waals surface area contributed by atoms with Gasteiger partial charge in [0, 0.05) is 12.0 Å². The Morgan fingerprint density at radius 3 is 2.61 bits per heavy atom. The highest BCUT2D eigenvalue weighted by molar-refractivity contribution is 5.68. The molecule has 0 atom stereocenters. The van der Waals surface area contributed by atoms with Gasteiger partial charge in [-0.3, -0.25) is 0 Å². The number of aromatic nitrogens is 1. The van der Waals surface area contributed by atoms with E-state index in [0.717, 1.165) is 40.3 Å². The van der Waals surface area contributed by atoms with E-state index in [2.05, 4.69) is 11.1 Å². The average molecular weight is 246 g/mol. The Bertz CT molecular complexity index is 573. The highest BCUT2D eigenvalue weighted by Gasteiger charge is 2.15. The Labute approximate surface area is 107 Å². The summed E-state index contributed by atoms with van der Waals surface area (Å²) >= 11 is 0. The molecular weight excluding hydrogens is 228 g/mol. The summed E-state index contributed by atoms with van der Waals surface area (Å²) in [4.78, 5) is 4.28. The van der Waals surface area contributed by atoms with Gasteiger partial charge in [-0.15, -0.1) is 0 Å². The van der Waals surface area contributed by atoms with Crippen molar-refractivity contribution in [3.05, 3.63) is 29.0 Å². The maximum Gasteiger partial charge on any atom is 0.292 e. The molecule has 4 nitrogen and oxygen atoms in total. The summed E-state index contributed by atoms with van der Waals surface area (Å²) < 4.78 is 10.7. The van der Waals surface area contributed by atoms with Crippen LogP contribution in [0.5, 0.6) is 5.75 Å². The van der Waals surface area contributed by atoms with Gasteiger partial charge in [-0.05, 0) is 37.1 Å². The smallest absolute Gasteiger partial charge is 0.292 e. The van der Waals surface area contributed by atoms with E-state index >= 15 is 0 Å². The van der Waals surface area contributed by atoms with Crippen LogP contribution in [0.1, 0.15) is 23.8 Å². The zero-order valence-corrected chi connectivity index (χ0v) is 11.2. The third-order valence-electron chi connectivity index (χ3n) is 3.03. The fourth-order valence-electron chi connectivity index (χ4n) is 2.08. The van der Waals surface area contributed by atoms with Crippen LogP contribution in [0, 0.1) is 13.8 Å². The van der Waals surface area contributed by atoms with Crippen molar-refractivity contribution in [2.75, 3.05) is 12.8 Å². The summed E-state index contributed by atoms with van der Waals surface area (Å²) in [5, 5.41) is 0. The molecule has 0 saturated carbocycles. The van der Waals surface area contributed by atoms with Crippen LogP contribution in [0.3, 0.4) is 0 Å². The van der Waals surface area contributed by atoms with Gasteiger partial charge in [0.1, 0.15) is 17.2 Å². The molecule has 1 aromatic carbocycles. The van der Waals surface area contributed by atoms with Crippen molar-refractivity contribution in [2.45, 2.75) is 27.2 Å². The number of nitrogen functional groups attached to an aromatic ring is 1. The van der Waals surface area contributed by atoms with E-state index in [-0.39, 0.29) is 6.01 Å². The number of benzene rings is 1. The number of nitrogens with zero attached hydrogens (tertiary/aromatic N) is 1. The molecule has 0 aliphatic carbocycles. The minimum absolute atomic E-state index is 0.217. The number of hydrogen-bond acceptors (Lipinski definition) is 4. The molecule has 2 aromatic rings. The zero-order chi connectivity index (χ0) is 13.3. The average Bonchev–Trinajstić information content (AvgIpc) is 2.72. The van der Waals surface area contributed by atoms with Gasteiger partial charge in [0.15, 0.2) is 0 Å². The highest BCUT2D eigenvalue weighted by Crippen LogP contribution is 2.32. The van der Waals surface area contributed by atoms with Crippen LogP contribution >= 0.6 is 0 Å². The Hall–Kier alpha value is -1.97. The molecule has 1 aromatic heterocycles. The van der Waals surface area contributed by atoms with Gasteiger partial charge < -0.3 is 14.9 Å². The summed E-state index contributed by atoms with van der Waals surface area (Å²) in [5.41, 5.74) is 9.68. The number of methoxy groups -OCH3 is 1. The first-order valence-electron chi connectivity index (χ1n) is 5.97. The van der Waals surface area contributed by atoms with Crippen molar-refractivity contribution in [3.8, 4) is 17.0 Å². The first-order chi connectivity index (χ1) is 8.56. The molecule has 0 spiro atoms. The quantitative estimate of drug-likeness (QED) is 0.903. The van der Waals surface area contributed by atoms with Crippen molar-refractivity contribution < 1.29 is 9.15 Å². The van der Waals surface area contributed by atoms with Crippen LogP contribution in [0.15, 0.2) is 16.5 Å². The van der Waals surface area contributed by atoms with Crippen molar-refractivity contribution in [1.82, 2.24) is 4.98 Å². The van der Waals surface area contributed by atoms with E-state index in [1.54, 1.807) is 7.11 Å². The molecule has 0 amide bonds. The number of nitrogens with two attached hydrogens (primary N) is 1. The van der Waals surface area contributed by atoms with Crippen LogP contribution in [0.25, 0.3) is 11.3 Å². The molecule has 0 fully saturated rings. The first kappa shape index (κ1) is 12.5. The molecule has 0 unspecified atom stereocenters. The molecule has 1 heterocycles. The lowest BCUT2D eigenvalue weighted by Crippen LogP contribution is -1.93. The van der Waals surface area contributed by atoms with Gasteiger partial charge >= 0.3 is 0 Å². The van der Waals surface area contributed by atoms with E-state index in [0.29, 0.717) is 0 Å². The molecule has 0 radical (unpaired) electrons. The van der Waals surface area contributed by atoms with Gasteiger partial charge in [-0.1, -0.05) is 6.92 Å². The molecule has 2 N–H and O–H groups in total. The lowest BCUT2D eigenvalue weighted by molar-refractivity contribution is 0.411. The monoisotopic (exact) mass is 246 g/mol. The van der Waals surface area contributed by atoms with Crippen LogP contribution < -0.4 is 10.5 Å². The number of aryl methyl sites for hydroxylation is 3. The minimum atomic E-state index is 0.217. The minimum Gasteiger partial charge on any atom is -0.496 e. The van der Waals surface area contributed by atoms with Gasteiger partial charge in [-0.2, -0.15) is 4.98 Å². The fourth-order valence-corrected chi connectivity index (χ4v) is 2.08. The predicted octanol–water partition coefficient (Wildman–Crippen LogP) is 3.11. The molecular formula is C14H18N2O2. The van der Waals surface area contributed by atoms with Gasteiger partial charge in [0.05, 0.1) is 7.11 Å². The highest BCUT2D eigenvalue weighted by atomic mass is 16.5. The van der Waals surface area contributed by atoms with Gasteiger partial charge in [-0.25, -0.2) is 0 Å². The van der Waals surface area contributed by atoms with Crippen molar-refractivity contribution >= 4 is 6.01 Å². The van der Waals surface area contributed by atoms with E-state index in [9.17, 15) is 0 Å². The van der Waals surface area contributed by atoms with Crippen molar-refractivity contribution in [2.24, 2.45) is 0 Å². The Kier molecular flexibility index (Phi) is 3.28. The standard InChI is InChI=1S/C14H18N2O2/c1-5-11-13(16-14(15)18-11)10-6-9(3)12(17-4)7-8(10)2/h6-7H,5H2,1-4H3,(H2,15,16). The van der Waals surface area contributed by atoms with Crippen LogP contribution in [0.2, 0.25) is 0 Å². The number of rotatable bonds is 3. The normalized spacial score (nSPS) is 10.7. The number of oxazole rings is 1. The van der Waals surface area contributed by atoms with Gasteiger partial charge in [0.25, 0.3) is 6.01 Å². The third kappa shape index (κ3) is 2.06. The third-order valence-corrected chi connectivity index (χ3v) is 3.03. The van der Waals surface area contributed by atoms with Crippen LogP contribution in [-0.4, -0.2) is 12.1 Å². The Morgan fingerprint density at radius 1 is 1.28 bits per heavy atom. The summed E-state index contributed by atoms with van der Waals surface area (Å²) in [6, 6.07) is 4.29. The maximum atomic E-state index is 5.63. The van der Waals surface area contributed by atoms with Crippen LogP contribution in [0.4, 0.5) is 6.01 Å². The molecule has 0 bridgehead atoms. The second-order valence-electron chi connectivity index (χ2n) is 4.31. The Balaban J connectivity index is 2.60. The lowest BCUT2D eigenvalue weighted by Gasteiger charge is -2.10. The summed E-state index contributed by atoms with van der Waals surface area (Å²) in [6.45, 7) is 6.06. The second-order valence-corrected chi connectivity index (χ2v) is 4.31. The predicted molar refractivity (Wildman–Crippen MR) is 71.8 cm³/mol. The van der Waals surface area contributed by atoms with E-state index in [1.165, 1.54) is 0 Å². The summed E-state index contributed by atoms with van der Waals surface area (Å²) in [6.07, 6.45) is 0.768. The number of hydrogen-bond donors (Lipinski definition) is 1. The van der Waals surface area contributed by atoms with E-state index in [1.807, 2.05) is 26.8 Å². The second kappa shape index (κ2) is 4.72. The lowest BCUT2D eigenvalue weighted by atomic mass is 10.0. The van der Waals surface area contributed by atoms with Gasteiger partial charge in [0.2, 0.25) is 0 Å². The number of anilines is 1. The Morgan fingerprint density at radius 2 is 2.00 bits per heavy atom. The van der Waals surface area contributed by atoms with Crippen molar-refractivity contribution in [3.63, 3.8) is 0 Å². The molecule has 2 rings (SSSR count). The largest absolute Gasteiger partial charge is 0.496 e. The summed E-state index contributed by atoms with van der Waals surface area (Å²) in [5.74, 6) is 1.70. The topological polar surface area (TPSA) is 61.3 Å². The molecule has 0 aliphatic rings. The van der Waals surface area contributed by atoms with Crippen molar-refractivity contribution in [1.29, 1.82) is 0 Å². The first-order valence-corrected chi connectivity index (χ1v) is 5.97. The molecule has 4 heteroatoms. The fraction of sp³-hybridized carbons (Fsp3) is 0.357. The number of ether oxygens (including phenoxy) is 1. The maximum absolute atomic E-state index is 5.63.